The Balaban J connectivity index is 1.73. The van der Waals surface area contributed by atoms with Crippen LogP contribution in [-0.2, 0) is 20.3 Å². The van der Waals surface area contributed by atoms with Gasteiger partial charge < -0.3 is 9.47 Å². The van der Waals surface area contributed by atoms with Crippen molar-refractivity contribution >= 4 is 38.3 Å². The normalized spacial score (nSPS) is 11.5. The van der Waals surface area contributed by atoms with Gasteiger partial charge >= 0.3 is 5.97 Å². The number of aromatic nitrogens is 4. The number of methoxy groups -OCH3 is 2. The van der Waals surface area contributed by atoms with Crippen LogP contribution in [0.15, 0.2) is 47.6 Å². The lowest BCUT2D eigenvalue weighted by atomic mass is 10.1. The summed E-state index contributed by atoms with van der Waals surface area (Å²) in [6, 6.07) is 7.07. The Bertz CT molecular complexity index is 1490. The van der Waals surface area contributed by atoms with Crippen LogP contribution in [0, 0.1) is 5.82 Å². The van der Waals surface area contributed by atoms with E-state index >= 15 is 4.39 Å². The number of aromatic amines is 1. The maximum atomic E-state index is 15.4. The van der Waals surface area contributed by atoms with E-state index in [4.69, 9.17) is 16.3 Å². The topological polar surface area (TPSA) is 124 Å². The molecule has 0 radical (unpaired) electrons. The first-order chi connectivity index (χ1) is 15.7. The lowest BCUT2D eigenvalue weighted by Crippen LogP contribution is -2.09. The third kappa shape index (κ3) is 4.24. The molecular weight excluding hydrogens is 475 g/mol. The van der Waals surface area contributed by atoms with Crippen molar-refractivity contribution in [1.82, 2.24) is 20.2 Å². The molecule has 0 amide bonds. The van der Waals surface area contributed by atoms with Gasteiger partial charge in [-0.1, -0.05) is 23.7 Å². The summed E-state index contributed by atoms with van der Waals surface area (Å²) in [5, 5.41) is 7.10. The van der Waals surface area contributed by atoms with Crippen molar-refractivity contribution in [3.05, 3.63) is 64.8 Å². The molecule has 0 saturated heterocycles. The summed E-state index contributed by atoms with van der Waals surface area (Å²) in [6.07, 6.45) is 2.62. The molecule has 33 heavy (non-hydrogen) atoms. The largest absolute Gasteiger partial charge is 0.480 e. The average molecular weight is 491 g/mol. The molecule has 170 valence electrons. The van der Waals surface area contributed by atoms with Crippen LogP contribution in [0.2, 0.25) is 5.02 Å². The summed E-state index contributed by atoms with van der Waals surface area (Å²) < 4.78 is 51.0. The van der Waals surface area contributed by atoms with Gasteiger partial charge in [-0.25, -0.2) is 22.6 Å². The first-order valence-electron chi connectivity index (χ1n) is 9.37. The van der Waals surface area contributed by atoms with Gasteiger partial charge in [0.05, 0.1) is 41.6 Å². The SMILES string of the molecule is COC(=O)c1n[nH]c2cc(-c3cccc(CS(=O)(=O)c4cc(Cl)cnc4OC)c3F)ncc12. The third-order valence-electron chi connectivity index (χ3n) is 4.84. The van der Waals surface area contributed by atoms with Gasteiger partial charge in [0.15, 0.2) is 15.5 Å². The number of nitrogens with one attached hydrogen (secondary N) is 1. The molecule has 0 aliphatic carbocycles. The molecule has 0 saturated carbocycles. The van der Waals surface area contributed by atoms with E-state index < -0.39 is 27.4 Å². The van der Waals surface area contributed by atoms with Gasteiger partial charge in [-0.05, 0) is 18.2 Å². The molecule has 4 rings (SSSR count). The number of ether oxygens (including phenoxy) is 2. The van der Waals surface area contributed by atoms with E-state index in [9.17, 15) is 13.2 Å². The Labute approximate surface area is 192 Å². The number of carbonyl (C=O) groups excluding carboxylic acids is 1. The predicted octanol–water partition coefficient (Wildman–Crippen LogP) is 3.58. The molecule has 0 unspecified atom stereocenters. The smallest absolute Gasteiger partial charge is 0.359 e. The van der Waals surface area contributed by atoms with Crippen molar-refractivity contribution in [2.75, 3.05) is 14.2 Å². The average Bonchev–Trinajstić information content (AvgIpc) is 3.23. The maximum absolute atomic E-state index is 15.4. The molecule has 0 fully saturated rings. The molecule has 3 aromatic heterocycles. The molecule has 1 aromatic carbocycles. The van der Waals surface area contributed by atoms with Crippen LogP contribution >= 0.6 is 11.6 Å². The number of carbonyl (C=O) groups is 1. The molecule has 9 nitrogen and oxygen atoms in total. The number of fused-ring (bicyclic) bond motifs is 1. The first-order valence-corrected chi connectivity index (χ1v) is 11.4. The Kier molecular flexibility index (Phi) is 6.00. The van der Waals surface area contributed by atoms with Crippen LogP contribution in [0.25, 0.3) is 22.2 Å². The van der Waals surface area contributed by atoms with Crippen molar-refractivity contribution in [3.8, 4) is 17.1 Å². The number of hydrogen-bond acceptors (Lipinski definition) is 8. The molecule has 3 heterocycles. The number of pyridine rings is 2. The fourth-order valence-corrected chi connectivity index (χ4v) is 4.99. The Morgan fingerprint density at radius 1 is 1.18 bits per heavy atom. The second kappa shape index (κ2) is 8.75. The number of benzene rings is 1. The van der Waals surface area contributed by atoms with Gasteiger partial charge in [-0.3, -0.25) is 10.1 Å². The van der Waals surface area contributed by atoms with Crippen LogP contribution in [0.5, 0.6) is 5.88 Å². The molecule has 4 aromatic rings. The predicted molar refractivity (Wildman–Crippen MR) is 117 cm³/mol. The van der Waals surface area contributed by atoms with Gasteiger partial charge in [0.1, 0.15) is 10.7 Å². The fraction of sp³-hybridized carbons (Fsp3) is 0.143. The zero-order valence-corrected chi connectivity index (χ0v) is 18.9. The van der Waals surface area contributed by atoms with Gasteiger partial charge in [-0.15, -0.1) is 0 Å². The number of hydrogen-bond donors (Lipinski definition) is 1. The molecule has 0 spiro atoms. The molecule has 0 aliphatic rings. The minimum absolute atomic E-state index is 0.0518. The van der Waals surface area contributed by atoms with Crippen molar-refractivity contribution in [3.63, 3.8) is 0 Å². The summed E-state index contributed by atoms with van der Waals surface area (Å²) >= 11 is 5.90. The monoisotopic (exact) mass is 490 g/mol. The molecule has 0 bridgehead atoms. The molecule has 12 heteroatoms. The lowest BCUT2D eigenvalue weighted by Gasteiger charge is -2.11. The minimum Gasteiger partial charge on any atom is -0.480 e. The Hall–Kier alpha value is -3.57. The number of halogens is 2. The van der Waals surface area contributed by atoms with Crippen LogP contribution in [0.3, 0.4) is 0 Å². The minimum atomic E-state index is -4.04. The number of rotatable bonds is 6. The number of nitrogens with zero attached hydrogens (tertiary/aromatic N) is 3. The Morgan fingerprint density at radius 2 is 1.97 bits per heavy atom. The van der Waals surface area contributed by atoms with Gasteiger partial charge in [0, 0.05) is 23.5 Å². The van der Waals surface area contributed by atoms with Crippen molar-refractivity contribution in [1.29, 1.82) is 0 Å². The maximum Gasteiger partial charge on any atom is 0.359 e. The van der Waals surface area contributed by atoms with Crippen LogP contribution in [-0.4, -0.2) is 48.8 Å². The van der Waals surface area contributed by atoms with Gasteiger partial charge in [-0.2, -0.15) is 5.10 Å². The second-order valence-corrected chi connectivity index (χ2v) is 9.27. The summed E-state index contributed by atoms with van der Waals surface area (Å²) in [5.74, 6) is -2.18. The number of esters is 1. The summed E-state index contributed by atoms with van der Waals surface area (Å²) in [6.45, 7) is 0. The van der Waals surface area contributed by atoms with E-state index in [0.717, 1.165) is 0 Å². The zero-order chi connectivity index (χ0) is 23.8. The highest BCUT2D eigenvalue weighted by Crippen LogP contribution is 2.31. The Morgan fingerprint density at radius 3 is 2.70 bits per heavy atom. The van der Waals surface area contributed by atoms with Crippen molar-refractivity contribution < 1.29 is 27.1 Å². The van der Waals surface area contributed by atoms with E-state index in [2.05, 4.69) is 24.9 Å². The molecule has 0 aliphatic heterocycles. The fourth-order valence-electron chi connectivity index (χ4n) is 3.27. The first kappa shape index (κ1) is 22.6. The van der Waals surface area contributed by atoms with Crippen LogP contribution in [0.1, 0.15) is 16.1 Å². The van der Waals surface area contributed by atoms with Gasteiger partial charge in [0.25, 0.3) is 0 Å². The van der Waals surface area contributed by atoms with Crippen LogP contribution in [0.4, 0.5) is 4.39 Å². The summed E-state index contributed by atoms with van der Waals surface area (Å²) in [5.41, 5.74) is 0.719. The molecular formula is C21H16ClFN4O5S. The number of H-pyrrole nitrogens is 1. The van der Waals surface area contributed by atoms with E-state index in [1.165, 1.54) is 56.9 Å². The quantitative estimate of drug-likeness (QED) is 0.407. The van der Waals surface area contributed by atoms with Crippen molar-refractivity contribution in [2.24, 2.45) is 0 Å². The van der Waals surface area contributed by atoms with E-state index in [1.54, 1.807) is 0 Å². The third-order valence-corrected chi connectivity index (χ3v) is 6.70. The standard InChI is InChI=1S/C21H16ClFN4O5S/c1-31-20-17(6-12(22)8-25-20)33(29,30)10-11-4-3-5-13(18(11)23)15-7-16-14(9-24-15)19(27-26-16)21(28)32-2/h3-9H,10H2,1-2H3,(H,26,27). The van der Waals surface area contributed by atoms with E-state index in [-0.39, 0.29) is 38.3 Å². The number of sulfone groups is 1. The molecule has 1 N–H and O–H groups in total. The van der Waals surface area contributed by atoms with Gasteiger partial charge in [0.2, 0.25) is 5.88 Å². The summed E-state index contributed by atoms with van der Waals surface area (Å²) in [4.78, 5) is 19.6. The summed E-state index contributed by atoms with van der Waals surface area (Å²) in [7, 11) is -1.54. The highest BCUT2D eigenvalue weighted by Gasteiger charge is 2.25. The molecule has 0 atom stereocenters. The highest BCUT2D eigenvalue weighted by molar-refractivity contribution is 7.90. The van der Waals surface area contributed by atoms with E-state index in [1.807, 2.05) is 0 Å². The second-order valence-electron chi connectivity index (χ2n) is 6.88. The lowest BCUT2D eigenvalue weighted by molar-refractivity contribution is 0.0596. The van der Waals surface area contributed by atoms with E-state index in [0.29, 0.717) is 10.9 Å². The zero-order valence-electron chi connectivity index (χ0n) is 17.3. The van der Waals surface area contributed by atoms with Crippen molar-refractivity contribution in [2.45, 2.75) is 10.6 Å². The highest BCUT2D eigenvalue weighted by atomic mass is 35.5. The van der Waals surface area contributed by atoms with Crippen LogP contribution < -0.4 is 4.74 Å².